The van der Waals surface area contributed by atoms with Crippen LogP contribution in [0.1, 0.15) is 280 Å². The quantitative estimate of drug-likeness (QED) is 0.0449. The summed E-state index contributed by atoms with van der Waals surface area (Å²) in [5.74, 6) is 1.52. The van der Waals surface area contributed by atoms with Gasteiger partial charge < -0.3 is 19.1 Å². The van der Waals surface area contributed by atoms with Gasteiger partial charge in [0.15, 0.2) is 0 Å². The molecule has 0 aromatic carbocycles. The first-order valence-corrected chi connectivity index (χ1v) is 26.8. The van der Waals surface area contributed by atoms with Gasteiger partial charge in [-0.2, -0.15) is 0 Å². The van der Waals surface area contributed by atoms with Crippen LogP contribution in [-0.2, 0) is 23.8 Å². The number of rotatable bonds is 47. The summed E-state index contributed by atoms with van der Waals surface area (Å²) in [5, 5.41) is 0. The van der Waals surface area contributed by atoms with E-state index in [9.17, 15) is 9.59 Å². The number of carbonyl (C=O) groups is 2. The summed E-state index contributed by atoms with van der Waals surface area (Å²) in [6.45, 7) is 21.4. The zero-order valence-corrected chi connectivity index (χ0v) is 42.4. The molecule has 0 saturated carbocycles. The van der Waals surface area contributed by atoms with Gasteiger partial charge in [-0.05, 0) is 70.5 Å². The zero-order chi connectivity index (χ0) is 44.8. The Balaban J connectivity index is -0.000000870. The van der Waals surface area contributed by atoms with E-state index in [2.05, 4.69) is 60.4 Å². The summed E-state index contributed by atoms with van der Waals surface area (Å²) in [4.78, 5) is 22.6. The predicted molar refractivity (Wildman–Crippen MR) is 264 cm³/mol. The molecule has 0 aliphatic heterocycles. The molecule has 0 aromatic rings. The van der Waals surface area contributed by atoms with Crippen molar-refractivity contribution in [3.05, 3.63) is 0 Å². The van der Waals surface area contributed by atoms with Crippen molar-refractivity contribution in [3.8, 4) is 0 Å². The highest BCUT2D eigenvalue weighted by molar-refractivity contribution is 5.37. The van der Waals surface area contributed by atoms with E-state index >= 15 is 0 Å². The highest BCUT2D eigenvalue weighted by Crippen LogP contribution is 2.22. The standard InChI is InChI=1S/C26H55NO.2C14H28O2/c1-5-8-10-12-14-16-18-22-26(23-19-17-15-13-11-9-6-2)28-25-21-20-24-27(4)7-3;2*1-3-5-7-9-14(10-8-6-4-2)11-12-16-13-15/h26H,5-25H2,1-4H3;2*13-14H,3-12H2,1-2H3. The maximum atomic E-state index is 10.1. The minimum absolute atomic E-state index is 0.523. The van der Waals surface area contributed by atoms with E-state index in [0.717, 1.165) is 37.8 Å². The molecule has 0 bridgehead atoms. The van der Waals surface area contributed by atoms with Crippen LogP contribution in [0.4, 0.5) is 0 Å². The van der Waals surface area contributed by atoms with E-state index < -0.39 is 0 Å². The molecular formula is C54H111NO5. The van der Waals surface area contributed by atoms with Crippen molar-refractivity contribution in [2.75, 3.05) is 40.0 Å². The van der Waals surface area contributed by atoms with Gasteiger partial charge in [-0.25, -0.2) is 0 Å². The van der Waals surface area contributed by atoms with Gasteiger partial charge in [-0.3, -0.25) is 9.59 Å². The van der Waals surface area contributed by atoms with Crippen molar-refractivity contribution in [2.45, 2.75) is 286 Å². The van der Waals surface area contributed by atoms with Crippen LogP contribution >= 0.6 is 0 Å². The lowest BCUT2D eigenvalue weighted by Crippen LogP contribution is -2.20. The number of hydrogen-bond donors (Lipinski definition) is 0. The average molecular weight is 854 g/mol. The van der Waals surface area contributed by atoms with Crippen molar-refractivity contribution in [1.82, 2.24) is 4.90 Å². The monoisotopic (exact) mass is 854 g/mol. The fourth-order valence-corrected chi connectivity index (χ4v) is 8.02. The average Bonchev–Trinajstić information content (AvgIpc) is 3.25. The van der Waals surface area contributed by atoms with Gasteiger partial charge in [-0.1, -0.05) is 241 Å². The van der Waals surface area contributed by atoms with Gasteiger partial charge in [0.2, 0.25) is 0 Å². The Bertz CT molecular complexity index is 694. The second-order valence-electron chi connectivity index (χ2n) is 18.1. The minimum atomic E-state index is 0.523. The molecule has 0 aromatic heterocycles. The van der Waals surface area contributed by atoms with E-state index in [4.69, 9.17) is 14.2 Å². The molecule has 6 nitrogen and oxygen atoms in total. The second kappa shape index (κ2) is 57.9. The molecule has 362 valence electrons. The number of carbonyl (C=O) groups excluding carboxylic acids is 2. The van der Waals surface area contributed by atoms with Crippen molar-refractivity contribution in [1.29, 1.82) is 0 Å². The predicted octanol–water partition coefficient (Wildman–Crippen LogP) is 17.0. The summed E-state index contributed by atoms with van der Waals surface area (Å²) in [7, 11) is 2.21. The number of nitrogens with zero attached hydrogens (tertiary/aromatic N) is 1. The Kier molecular flexibility index (Phi) is 60.9. The molecule has 0 unspecified atom stereocenters. The van der Waals surface area contributed by atoms with Crippen LogP contribution in [0.2, 0.25) is 0 Å². The molecule has 6 heteroatoms. The molecule has 0 aliphatic carbocycles. The molecule has 0 spiro atoms. The Morgan fingerprint density at radius 3 is 1.02 bits per heavy atom. The van der Waals surface area contributed by atoms with Crippen LogP contribution in [0.5, 0.6) is 0 Å². The summed E-state index contributed by atoms with van der Waals surface area (Å²) in [6.07, 6.45) is 48.3. The molecule has 0 amide bonds. The van der Waals surface area contributed by atoms with Crippen LogP contribution in [0.3, 0.4) is 0 Å². The van der Waals surface area contributed by atoms with Crippen molar-refractivity contribution >= 4 is 12.9 Å². The van der Waals surface area contributed by atoms with Gasteiger partial charge in [0.05, 0.1) is 19.3 Å². The van der Waals surface area contributed by atoms with Crippen LogP contribution < -0.4 is 0 Å². The number of hydrogen-bond acceptors (Lipinski definition) is 6. The lowest BCUT2D eigenvalue weighted by Gasteiger charge is -2.19. The van der Waals surface area contributed by atoms with E-state index in [1.54, 1.807) is 0 Å². The molecule has 0 rings (SSSR count). The fraction of sp³-hybridized carbons (Fsp3) is 0.963. The summed E-state index contributed by atoms with van der Waals surface area (Å²) >= 11 is 0. The third-order valence-electron chi connectivity index (χ3n) is 12.4. The van der Waals surface area contributed by atoms with Crippen LogP contribution in [0.15, 0.2) is 0 Å². The van der Waals surface area contributed by atoms with E-state index in [-0.39, 0.29) is 0 Å². The van der Waals surface area contributed by atoms with Crippen molar-refractivity contribution in [3.63, 3.8) is 0 Å². The van der Waals surface area contributed by atoms with Crippen LogP contribution in [0, 0.1) is 11.8 Å². The first-order chi connectivity index (χ1) is 29.4. The zero-order valence-electron chi connectivity index (χ0n) is 42.4. The fourth-order valence-electron chi connectivity index (χ4n) is 8.02. The lowest BCUT2D eigenvalue weighted by molar-refractivity contribution is -0.129. The third-order valence-corrected chi connectivity index (χ3v) is 12.4. The Labute approximate surface area is 378 Å². The third kappa shape index (κ3) is 54.9. The molecule has 60 heavy (non-hydrogen) atoms. The first kappa shape index (κ1) is 63.2. The molecule has 0 atom stereocenters. The highest BCUT2D eigenvalue weighted by atomic mass is 16.5. The van der Waals surface area contributed by atoms with E-state index in [0.29, 0.717) is 32.3 Å². The second-order valence-corrected chi connectivity index (χ2v) is 18.1. The van der Waals surface area contributed by atoms with E-state index in [1.165, 1.54) is 225 Å². The maximum Gasteiger partial charge on any atom is 0.293 e. The first-order valence-electron chi connectivity index (χ1n) is 26.8. The normalized spacial score (nSPS) is 11.2. The molecule has 0 heterocycles. The topological polar surface area (TPSA) is 65.1 Å². The van der Waals surface area contributed by atoms with Gasteiger partial charge in [0.25, 0.3) is 12.9 Å². The van der Waals surface area contributed by atoms with Gasteiger partial charge in [0.1, 0.15) is 0 Å². The lowest BCUT2D eigenvalue weighted by atomic mass is 9.92. The Morgan fingerprint density at radius 2 is 0.683 bits per heavy atom. The minimum Gasteiger partial charge on any atom is -0.468 e. The van der Waals surface area contributed by atoms with Crippen molar-refractivity contribution < 1.29 is 23.8 Å². The molecule has 0 saturated heterocycles. The van der Waals surface area contributed by atoms with Gasteiger partial charge >= 0.3 is 0 Å². The summed E-state index contributed by atoms with van der Waals surface area (Å²) < 4.78 is 15.9. The molecule has 0 radical (unpaired) electrons. The SMILES string of the molecule is CCCCCC(CCCCC)CCOC=O.CCCCCC(CCCCC)CCOC=O.CCCCCCCCCC(CCCCCCCCC)OCCCCN(C)CC. The summed E-state index contributed by atoms with van der Waals surface area (Å²) in [6, 6.07) is 0. The maximum absolute atomic E-state index is 10.1. The highest BCUT2D eigenvalue weighted by Gasteiger charge is 2.11. The van der Waals surface area contributed by atoms with Crippen LogP contribution in [-0.4, -0.2) is 63.9 Å². The molecule has 0 aliphatic rings. The number of ether oxygens (including phenoxy) is 3. The van der Waals surface area contributed by atoms with E-state index in [1.807, 2.05) is 0 Å². The van der Waals surface area contributed by atoms with Gasteiger partial charge in [0, 0.05) is 6.61 Å². The Hall–Kier alpha value is -1.14. The smallest absolute Gasteiger partial charge is 0.293 e. The number of unbranched alkanes of at least 4 members (excludes halogenated alkanes) is 21. The van der Waals surface area contributed by atoms with Crippen molar-refractivity contribution in [2.24, 2.45) is 11.8 Å². The Morgan fingerprint density at radius 1 is 0.367 bits per heavy atom. The molecular weight excluding hydrogens is 743 g/mol. The molecule has 0 fully saturated rings. The van der Waals surface area contributed by atoms with Gasteiger partial charge in [-0.15, -0.1) is 0 Å². The van der Waals surface area contributed by atoms with Crippen LogP contribution in [0.25, 0.3) is 0 Å². The molecule has 0 N–H and O–H groups in total. The summed E-state index contributed by atoms with van der Waals surface area (Å²) in [5.41, 5.74) is 0. The largest absolute Gasteiger partial charge is 0.468 e.